The van der Waals surface area contributed by atoms with Crippen molar-refractivity contribution in [3.63, 3.8) is 0 Å². The average Bonchev–Trinajstić information content (AvgIpc) is 3.42. The summed E-state index contributed by atoms with van der Waals surface area (Å²) >= 11 is 1.28. The predicted molar refractivity (Wildman–Crippen MR) is 120 cm³/mol. The lowest BCUT2D eigenvalue weighted by atomic mass is 10.1. The van der Waals surface area contributed by atoms with Crippen LogP contribution in [-0.2, 0) is 0 Å². The van der Waals surface area contributed by atoms with Crippen LogP contribution in [0.5, 0.6) is 11.8 Å². The van der Waals surface area contributed by atoms with Crippen LogP contribution in [0.3, 0.4) is 0 Å². The van der Waals surface area contributed by atoms with E-state index in [9.17, 15) is 4.39 Å². The molecule has 1 aliphatic rings. The van der Waals surface area contributed by atoms with Gasteiger partial charge in [0, 0.05) is 31.5 Å². The Morgan fingerprint density at radius 3 is 2.72 bits per heavy atom. The number of nitrogens with one attached hydrogen (secondary N) is 2. The number of H-pyrrole nitrogens is 1. The molecule has 4 aromatic rings. The molecule has 0 radical (unpaired) electrons. The van der Waals surface area contributed by atoms with Crippen molar-refractivity contribution >= 4 is 45.4 Å². The maximum Gasteiger partial charge on any atom is 0.326 e. The number of benzene rings is 1. The van der Waals surface area contributed by atoms with Crippen LogP contribution in [-0.4, -0.2) is 50.3 Å². The number of ether oxygens (including phenoxy) is 1. The second-order valence-electron chi connectivity index (χ2n) is 7.46. The summed E-state index contributed by atoms with van der Waals surface area (Å²) in [5, 5.41) is 9.36. The largest absolute Gasteiger partial charge is 0.421 e. The van der Waals surface area contributed by atoms with E-state index in [1.165, 1.54) is 24.3 Å². The Balaban J connectivity index is 1.73. The van der Waals surface area contributed by atoms with Crippen LogP contribution < -0.4 is 20.1 Å². The summed E-state index contributed by atoms with van der Waals surface area (Å²) in [6.07, 6.45) is 3.88. The lowest BCUT2D eigenvalue weighted by Crippen LogP contribution is -2.22. The van der Waals surface area contributed by atoms with E-state index >= 15 is 4.39 Å². The molecule has 5 rings (SSSR count). The fourth-order valence-corrected chi connectivity index (χ4v) is 4.41. The molecule has 0 bridgehead atoms. The van der Waals surface area contributed by atoms with E-state index < -0.39 is 11.6 Å². The van der Waals surface area contributed by atoms with E-state index in [-0.39, 0.29) is 16.6 Å². The standard InChI is InChI=1S/C20H20F2N8OS/c1-9-25-6-10(7-26-9)31-20-28-18-15(19(29-20)30-4-3-11(8-30)32-23)14-16(22)12(21)5-13(24-2)17(14)27-18/h5-7,11,24H,3-4,8,23H2,1-2H3,(H,27,28,29). The Labute approximate surface area is 185 Å². The van der Waals surface area contributed by atoms with Crippen LogP contribution in [0.25, 0.3) is 21.9 Å². The average molecular weight is 458 g/mol. The zero-order valence-electron chi connectivity index (χ0n) is 17.3. The van der Waals surface area contributed by atoms with Crippen LogP contribution >= 0.6 is 11.9 Å². The number of hydrogen-bond donors (Lipinski definition) is 3. The number of halogens is 2. The van der Waals surface area contributed by atoms with Gasteiger partial charge in [0.1, 0.15) is 17.3 Å². The fraction of sp³-hybridized carbons (Fsp3) is 0.300. The van der Waals surface area contributed by atoms with Gasteiger partial charge in [-0.15, -0.1) is 0 Å². The Bertz CT molecular complexity index is 1310. The van der Waals surface area contributed by atoms with Crippen molar-refractivity contribution in [1.29, 1.82) is 0 Å². The van der Waals surface area contributed by atoms with Crippen LogP contribution in [0.15, 0.2) is 18.5 Å². The van der Waals surface area contributed by atoms with Gasteiger partial charge in [-0.1, -0.05) is 11.9 Å². The fourth-order valence-electron chi connectivity index (χ4n) is 3.90. The minimum atomic E-state index is -0.959. The summed E-state index contributed by atoms with van der Waals surface area (Å²) < 4.78 is 35.2. The van der Waals surface area contributed by atoms with Crippen molar-refractivity contribution in [2.45, 2.75) is 18.6 Å². The van der Waals surface area contributed by atoms with Crippen LogP contribution in [0, 0.1) is 18.6 Å². The van der Waals surface area contributed by atoms with Crippen molar-refractivity contribution in [3.8, 4) is 11.8 Å². The van der Waals surface area contributed by atoms with Crippen molar-refractivity contribution in [3.05, 3.63) is 35.9 Å². The first-order valence-electron chi connectivity index (χ1n) is 9.94. The van der Waals surface area contributed by atoms with Crippen molar-refractivity contribution in [2.24, 2.45) is 5.14 Å². The molecule has 9 nitrogen and oxygen atoms in total. The second kappa shape index (κ2) is 8.02. The number of nitrogens with two attached hydrogens (primary N) is 1. The molecular formula is C20H20F2N8OS. The van der Waals surface area contributed by atoms with Gasteiger partial charge in [-0.2, -0.15) is 9.97 Å². The number of rotatable bonds is 5. The number of aromatic nitrogens is 5. The molecule has 166 valence electrons. The quantitative estimate of drug-likeness (QED) is 0.386. The van der Waals surface area contributed by atoms with E-state index in [2.05, 4.69) is 30.2 Å². The Hall–Kier alpha value is -3.25. The molecular weight excluding hydrogens is 438 g/mol. The number of anilines is 2. The van der Waals surface area contributed by atoms with Gasteiger partial charge in [0.05, 0.1) is 34.4 Å². The summed E-state index contributed by atoms with van der Waals surface area (Å²) in [6.45, 7) is 3.04. The van der Waals surface area contributed by atoms with Gasteiger partial charge in [-0.3, -0.25) is 5.14 Å². The molecule has 0 aliphatic carbocycles. The first kappa shape index (κ1) is 20.6. The molecule has 1 aromatic carbocycles. The third-order valence-electron chi connectivity index (χ3n) is 5.46. The van der Waals surface area contributed by atoms with Gasteiger partial charge < -0.3 is 19.9 Å². The van der Waals surface area contributed by atoms with Gasteiger partial charge in [0.25, 0.3) is 0 Å². The first-order chi connectivity index (χ1) is 15.5. The van der Waals surface area contributed by atoms with Crippen LogP contribution in [0.1, 0.15) is 12.2 Å². The Morgan fingerprint density at radius 1 is 1.25 bits per heavy atom. The minimum Gasteiger partial charge on any atom is -0.421 e. The van der Waals surface area contributed by atoms with E-state index in [1.807, 2.05) is 4.90 Å². The summed E-state index contributed by atoms with van der Waals surface area (Å²) in [5.74, 6) is -0.499. The molecule has 0 amide bonds. The topological polar surface area (TPSA) is 118 Å². The van der Waals surface area contributed by atoms with Gasteiger partial charge in [0.2, 0.25) is 0 Å². The minimum absolute atomic E-state index is 0.0437. The summed E-state index contributed by atoms with van der Waals surface area (Å²) in [6, 6.07) is 1.15. The molecule has 1 fully saturated rings. The molecule has 1 unspecified atom stereocenters. The van der Waals surface area contributed by atoms with E-state index in [4.69, 9.17) is 9.88 Å². The molecule has 12 heteroatoms. The highest BCUT2D eigenvalue weighted by Gasteiger charge is 2.29. The maximum atomic E-state index is 15.0. The first-order valence-corrected chi connectivity index (χ1v) is 10.9. The normalized spacial score (nSPS) is 16.3. The number of hydrogen-bond acceptors (Lipinski definition) is 9. The Kier molecular flexibility index (Phi) is 5.18. The SMILES string of the molecule is CNc1cc(F)c(F)c2c1[nH]c1nc(Oc3cnc(C)nc3)nc(N3CCC(SN)C3)c12. The molecule has 1 aliphatic heterocycles. The highest BCUT2D eigenvalue weighted by atomic mass is 32.2. The molecule has 0 spiro atoms. The van der Waals surface area contributed by atoms with E-state index in [0.717, 1.165) is 12.5 Å². The van der Waals surface area contributed by atoms with Crippen molar-refractivity contribution in [1.82, 2.24) is 24.9 Å². The summed E-state index contributed by atoms with van der Waals surface area (Å²) in [4.78, 5) is 22.3. The summed E-state index contributed by atoms with van der Waals surface area (Å²) in [7, 11) is 1.64. The van der Waals surface area contributed by atoms with Crippen LogP contribution in [0.4, 0.5) is 20.3 Å². The van der Waals surface area contributed by atoms with Gasteiger partial charge >= 0.3 is 6.01 Å². The highest BCUT2D eigenvalue weighted by Crippen LogP contribution is 2.40. The number of aromatic amines is 1. The molecule has 4 heterocycles. The van der Waals surface area contributed by atoms with Gasteiger partial charge in [-0.25, -0.2) is 18.7 Å². The molecule has 0 saturated carbocycles. The molecule has 3 aromatic heterocycles. The lowest BCUT2D eigenvalue weighted by molar-refractivity contribution is 0.439. The second-order valence-corrected chi connectivity index (χ2v) is 8.40. The monoisotopic (exact) mass is 458 g/mol. The zero-order chi connectivity index (χ0) is 22.4. The zero-order valence-corrected chi connectivity index (χ0v) is 18.1. The highest BCUT2D eigenvalue weighted by molar-refractivity contribution is 7.97. The third kappa shape index (κ3) is 3.45. The van der Waals surface area contributed by atoms with E-state index in [1.54, 1.807) is 14.0 Å². The Morgan fingerprint density at radius 2 is 2.03 bits per heavy atom. The maximum absolute atomic E-state index is 15.0. The van der Waals surface area contributed by atoms with Crippen molar-refractivity contribution < 1.29 is 13.5 Å². The van der Waals surface area contributed by atoms with Gasteiger partial charge in [-0.05, 0) is 13.3 Å². The third-order valence-corrected chi connectivity index (χ3v) is 6.22. The molecule has 1 atom stereocenters. The number of fused-ring (bicyclic) bond motifs is 3. The lowest BCUT2D eigenvalue weighted by Gasteiger charge is -2.19. The summed E-state index contributed by atoms with van der Waals surface area (Å²) in [5.41, 5.74) is 1.14. The van der Waals surface area contributed by atoms with Crippen molar-refractivity contribution in [2.75, 3.05) is 30.4 Å². The number of nitrogens with zero attached hydrogens (tertiary/aromatic N) is 5. The number of aryl methyl sites for hydroxylation is 1. The van der Waals surface area contributed by atoms with E-state index in [0.29, 0.717) is 52.7 Å². The molecule has 4 N–H and O–H groups in total. The van der Waals surface area contributed by atoms with Gasteiger partial charge in [0.15, 0.2) is 17.4 Å². The predicted octanol–water partition coefficient (Wildman–Crippen LogP) is 3.51. The smallest absolute Gasteiger partial charge is 0.326 e. The molecule has 1 saturated heterocycles. The molecule has 32 heavy (non-hydrogen) atoms. The van der Waals surface area contributed by atoms with Crippen LogP contribution in [0.2, 0.25) is 0 Å².